The zero-order chi connectivity index (χ0) is 23.0. The van der Waals surface area contributed by atoms with E-state index in [0.717, 1.165) is 36.1 Å². The van der Waals surface area contributed by atoms with Crippen LogP contribution in [0.2, 0.25) is 0 Å². The molecule has 1 aromatic carbocycles. The van der Waals surface area contributed by atoms with Crippen LogP contribution in [-0.4, -0.2) is 35.8 Å². The standard InChI is InChI=1S/C22H26N4O4S2/c1-14(15-6-5-7-16(12-15)32(23,29)30)25(2)19(27)10-11-26-13-24-21-20(22(26)28)17-8-3-4-9-18(17)31-21/h5-7,12-14H,3-4,8-11H2,1-2H3,(H2,23,29,30). The van der Waals surface area contributed by atoms with Gasteiger partial charge in [-0.15, -0.1) is 11.3 Å². The summed E-state index contributed by atoms with van der Waals surface area (Å²) in [7, 11) is -2.16. The van der Waals surface area contributed by atoms with Crippen LogP contribution in [0.15, 0.2) is 40.3 Å². The van der Waals surface area contributed by atoms with Gasteiger partial charge in [-0.2, -0.15) is 0 Å². The summed E-state index contributed by atoms with van der Waals surface area (Å²) in [5, 5.41) is 5.93. The van der Waals surface area contributed by atoms with Gasteiger partial charge in [-0.05, 0) is 55.9 Å². The molecule has 0 radical (unpaired) electrons. The van der Waals surface area contributed by atoms with Gasteiger partial charge in [0.25, 0.3) is 5.56 Å². The second kappa shape index (κ2) is 8.76. The predicted octanol–water partition coefficient (Wildman–Crippen LogP) is 2.59. The quantitative estimate of drug-likeness (QED) is 0.590. The van der Waals surface area contributed by atoms with Crippen LogP contribution in [0.1, 0.15) is 48.2 Å². The lowest BCUT2D eigenvalue weighted by Crippen LogP contribution is -2.31. The summed E-state index contributed by atoms with van der Waals surface area (Å²) in [4.78, 5) is 34.0. The number of benzene rings is 1. The number of nitrogens with two attached hydrogens (primary N) is 1. The molecule has 2 N–H and O–H groups in total. The van der Waals surface area contributed by atoms with Crippen molar-refractivity contribution < 1.29 is 13.2 Å². The molecule has 1 unspecified atom stereocenters. The average molecular weight is 475 g/mol. The fourth-order valence-electron chi connectivity index (χ4n) is 4.12. The molecule has 0 aliphatic heterocycles. The third-order valence-electron chi connectivity index (χ3n) is 6.15. The fraction of sp³-hybridized carbons (Fsp3) is 0.409. The van der Waals surface area contributed by atoms with Crippen molar-refractivity contribution in [2.75, 3.05) is 7.05 Å². The maximum Gasteiger partial charge on any atom is 0.262 e. The number of aromatic nitrogens is 2. The number of carbonyl (C=O) groups excluding carboxylic acids is 1. The van der Waals surface area contributed by atoms with Gasteiger partial charge in [-0.3, -0.25) is 14.2 Å². The van der Waals surface area contributed by atoms with Crippen LogP contribution in [0, 0.1) is 0 Å². The van der Waals surface area contributed by atoms with Crippen molar-refractivity contribution in [3.05, 3.63) is 57.0 Å². The van der Waals surface area contributed by atoms with Crippen LogP contribution in [-0.2, 0) is 34.2 Å². The topological polar surface area (TPSA) is 115 Å². The maximum atomic E-state index is 13.1. The number of rotatable bonds is 6. The third kappa shape index (κ3) is 4.35. The van der Waals surface area contributed by atoms with Crippen molar-refractivity contribution in [2.45, 2.75) is 56.5 Å². The van der Waals surface area contributed by atoms with Gasteiger partial charge in [0.15, 0.2) is 0 Å². The minimum atomic E-state index is -3.82. The van der Waals surface area contributed by atoms with Crippen LogP contribution >= 0.6 is 11.3 Å². The lowest BCUT2D eigenvalue weighted by Gasteiger charge is -2.26. The van der Waals surface area contributed by atoms with E-state index in [1.54, 1.807) is 35.4 Å². The normalized spacial score (nSPS) is 14.8. The van der Waals surface area contributed by atoms with Crippen LogP contribution in [0.25, 0.3) is 10.2 Å². The number of hydrogen-bond acceptors (Lipinski definition) is 6. The minimum absolute atomic E-state index is 0.00715. The molecule has 10 heteroatoms. The van der Waals surface area contributed by atoms with Gasteiger partial charge in [-0.25, -0.2) is 18.5 Å². The van der Waals surface area contributed by atoms with Crippen LogP contribution in [0.3, 0.4) is 0 Å². The Balaban J connectivity index is 1.49. The first kappa shape index (κ1) is 22.6. The second-order valence-corrected chi connectivity index (χ2v) is 10.8. The number of carbonyl (C=O) groups is 1. The molecule has 0 bridgehead atoms. The molecular weight excluding hydrogens is 448 g/mol. The Morgan fingerprint density at radius 1 is 1.31 bits per heavy atom. The number of nitrogens with zero attached hydrogens (tertiary/aromatic N) is 3. The molecule has 8 nitrogen and oxygen atoms in total. The molecule has 4 rings (SSSR count). The number of hydrogen-bond donors (Lipinski definition) is 1. The Labute approximate surface area is 190 Å². The van der Waals surface area contributed by atoms with Gasteiger partial charge < -0.3 is 4.90 Å². The smallest absolute Gasteiger partial charge is 0.262 e. The average Bonchev–Trinajstić information content (AvgIpc) is 3.16. The summed E-state index contributed by atoms with van der Waals surface area (Å²) in [6, 6.07) is 5.90. The Morgan fingerprint density at radius 2 is 2.06 bits per heavy atom. The van der Waals surface area contributed by atoms with Crippen molar-refractivity contribution in [2.24, 2.45) is 5.14 Å². The fourth-order valence-corrected chi connectivity index (χ4v) is 5.91. The molecule has 1 amide bonds. The molecule has 32 heavy (non-hydrogen) atoms. The first-order valence-corrected chi connectivity index (χ1v) is 12.9. The van der Waals surface area contributed by atoms with Crippen molar-refractivity contribution in [1.29, 1.82) is 0 Å². The largest absolute Gasteiger partial charge is 0.339 e. The molecule has 170 valence electrons. The summed E-state index contributed by atoms with van der Waals surface area (Å²) in [5.41, 5.74) is 1.71. The Bertz CT molecular complexity index is 1340. The van der Waals surface area contributed by atoms with Gasteiger partial charge >= 0.3 is 0 Å². The van der Waals surface area contributed by atoms with E-state index in [9.17, 15) is 18.0 Å². The van der Waals surface area contributed by atoms with Crippen molar-refractivity contribution >= 4 is 37.5 Å². The van der Waals surface area contributed by atoms with Crippen LogP contribution in [0.5, 0.6) is 0 Å². The van der Waals surface area contributed by atoms with E-state index in [1.807, 2.05) is 6.92 Å². The predicted molar refractivity (Wildman–Crippen MR) is 124 cm³/mol. The van der Waals surface area contributed by atoms with E-state index in [0.29, 0.717) is 10.9 Å². The Kier molecular flexibility index (Phi) is 6.19. The molecule has 1 aliphatic carbocycles. The number of thiophene rings is 1. The highest BCUT2D eigenvalue weighted by Gasteiger charge is 2.22. The van der Waals surface area contributed by atoms with Crippen molar-refractivity contribution in [3.8, 4) is 0 Å². The van der Waals surface area contributed by atoms with Gasteiger partial charge in [0.2, 0.25) is 15.9 Å². The minimum Gasteiger partial charge on any atom is -0.339 e. The van der Waals surface area contributed by atoms with Crippen molar-refractivity contribution in [1.82, 2.24) is 14.5 Å². The number of sulfonamides is 1. The lowest BCUT2D eigenvalue weighted by molar-refractivity contribution is -0.132. The highest BCUT2D eigenvalue weighted by atomic mass is 32.2. The van der Waals surface area contributed by atoms with E-state index in [2.05, 4.69) is 4.98 Å². The van der Waals surface area contributed by atoms with Gasteiger partial charge in [0, 0.05) is 24.9 Å². The first-order valence-electron chi connectivity index (χ1n) is 10.5. The van der Waals surface area contributed by atoms with E-state index in [-0.39, 0.29) is 35.4 Å². The molecule has 0 saturated carbocycles. The van der Waals surface area contributed by atoms with E-state index in [4.69, 9.17) is 5.14 Å². The zero-order valence-corrected chi connectivity index (χ0v) is 19.7. The maximum absolute atomic E-state index is 13.1. The van der Waals surface area contributed by atoms with E-state index >= 15 is 0 Å². The van der Waals surface area contributed by atoms with Gasteiger partial charge in [-0.1, -0.05) is 12.1 Å². The van der Waals surface area contributed by atoms with Crippen LogP contribution in [0.4, 0.5) is 0 Å². The molecule has 1 aliphatic rings. The third-order valence-corrected chi connectivity index (χ3v) is 8.26. The molecule has 0 fully saturated rings. The number of amides is 1. The summed E-state index contributed by atoms with van der Waals surface area (Å²) in [6.07, 6.45) is 5.80. The molecule has 2 aromatic heterocycles. The summed E-state index contributed by atoms with van der Waals surface area (Å²) in [6.45, 7) is 2.05. The summed E-state index contributed by atoms with van der Waals surface area (Å²) >= 11 is 1.60. The van der Waals surface area contributed by atoms with E-state index < -0.39 is 10.0 Å². The molecule has 0 spiro atoms. The highest BCUT2D eigenvalue weighted by molar-refractivity contribution is 7.89. The summed E-state index contributed by atoms with van der Waals surface area (Å²) in [5.74, 6) is -0.155. The highest BCUT2D eigenvalue weighted by Crippen LogP contribution is 2.33. The molecule has 3 aromatic rings. The number of primary sulfonamides is 1. The Hall–Kier alpha value is -2.56. The molecule has 0 saturated heterocycles. The first-order chi connectivity index (χ1) is 15.2. The molecular formula is C22H26N4O4S2. The SMILES string of the molecule is CC(c1cccc(S(N)(=O)=O)c1)N(C)C(=O)CCn1cnc2sc3c(c2c1=O)CCCC3. The summed E-state index contributed by atoms with van der Waals surface area (Å²) < 4.78 is 24.8. The molecule has 2 heterocycles. The second-order valence-electron chi connectivity index (χ2n) is 8.18. The molecule has 1 atom stereocenters. The monoisotopic (exact) mass is 474 g/mol. The number of fused-ring (bicyclic) bond motifs is 3. The van der Waals surface area contributed by atoms with Crippen LogP contribution < -0.4 is 10.7 Å². The van der Waals surface area contributed by atoms with Gasteiger partial charge in [0.1, 0.15) is 4.83 Å². The Morgan fingerprint density at radius 3 is 2.81 bits per heavy atom. The van der Waals surface area contributed by atoms with Crippen molar-refractivity contribution in [3.63, 3.8) is 0 Å². The van der Waals surface area contributed by atoms with E-state index in [1.165, 1.54) is 27.9 Å². The lowest BCUT2D eigenvalue weighted by atomic mass is 9.97. The zero-order valence-electron chi connectivity index (χ0n) is 18.1. The number of aryl methyl sites for hydroxylation is 3. The van der Waals surface area contributed by atoms with Gasteiger partial charge in [0.05, 0.1) is 22.7 Å².